The number of halogens is 3. The van der Waals surface area contributed by atoms with Gasteiger partial charge < -0.3 is 10.0 Å². The van der Waals surface area contributed by atoms with E-state index in [2.05, 4.69) is 0 Å². The maximum Gasteiger partial charge on any atom is 0.416 e. The number of benzene rings is 1. The van der Waals surface area contributed by atoms with Crippen molar-refractivity contribution in [2.75, 3.05) is 6.54 Å². The summed E-state index contributed by atoms with van der Waals surface area (Å²) < 4.78 is 38.5. The molecule has 7 heteroatoms. The van der Waals surface area contributed by atoms with Gasteiger partial charge in [0, 0.05) is 19.5 Å². The third-order valence-corrected chi connectivity index (χ3v) is 3.25. The molecule has 0 aliphatic carbocycles. The minimum Gasteiger partial charge on any atom is -0.481 e. The molecule has 1 heterocycles. The Morgan fingerprint density at radius 1 is 1.35 bits per heavy atom. The number of rotatable bonds is 3. The van der Waals surface area contributed by atoms with Gasteiger partial charge in [-0.3, -0.25) is 9.59 Å². The number of carboxylic acid groups (broad SMARTS) is 1. The summed E-state index contributed by atoms with van der Waals surface area (Å²) in [5, 5.41) is 8.84. The Kier molecular flexibility index (Phi) is 3.69. The fourth-order valence-corrected chi connectivity index (χ4v) is 2.23. The zero-order valence-electron chi connectivity index (χ0n) is 10.4. The second-order valence-corrected chi connectivity index (χ2v) is 4.67. The minimum absolute atomic E-state index is 0.0283. The number of carboxylic acids is 1. The lowest BCUT2D eigenvalue weighted by atomic mass is 10.1. The van der Waals surface area contributed by atoms with Crippen LogP contribution in [0, 0.1) is 5.92 Å². The average molecular weight is 287 g/mol. The van der Waals surface area contributed by atoms with Gasteiger partial charge in [-0.1, -0.05) is 18.2 Å². The molecule has 1 aliphatic heterocycles. The number of hydrogen-bond donors (Lipinski definition) is 1. The molecular weight excluding hydrogens is 275 g/mol. The molecule has 0 aromatic heterocycles. The first kappa shape index (κ1) is 14.4. The van der Waals surface area contributed by atoms with E-state index in [0.29, 0.717) is 0 Å². The molecule has 1 aliphatic rings. The van der Waals surface area contributed by atoms with Crippen molar-refractivity contribution in [3.05, 3.63) is 35.4 Å². The predicted molar refractivity (Wildman–Crippen MR) is 62.6 cm³/mol. The van der Waals surface area contributed by atoms with Crippen LogP contribution < -0.4 is 0 Å². The second-order valence-electron chi connectivity index (χ2n) is 4.67. The summed E-state index contributed by atoms with van der Waals surface area (Å²) >= 11 is 0. The van der Waals surface area contributed by atoms with E-state index in [1.807, 2.05) is 0 Å². The summed E-state index contributed by atoms with van der Waals surface area (Å²) in [7, 11) is 0. The Bertz CT molecular complexity index is 542. The number of alkyl halides is 3. The number of hydrogen-bond acceptors (Lipinski definition) is 2. The first-order chi connectivity index (χ1) is 9.29. The fraction of sp³-hybridized carbons (Fsp3) is 0.385. The predicted octanol–water partition coefficient (Wildman–Crippen LogP) is 2.14. The van der Waals surface area contributed by atoms with Gasteiger partial charge in [0.1, 0.15) is 0 Å². The molecule has 4 nitrogen and oxygen atoms in total. The van der Waals surface area contributed by atoms with Crippen LogP contribution in [0.15, 0.2) is 24.3 Å². The molecule has 1 N–H and O–H groups in total. The van der Waals surface area contributed by atoms with E-state index in [-0.39, 0.29) is 25.1 Å². The fourth-order valence-electron chi connectivity index (χ4n) is 2.23. The maximum absolute atomic E-state index is 12.8. The summed E-state index contributed by atoms with van der Waals surface area (Å²) in [5.74, 6) is -2.39. The number of likely N-dealkylation sites (tertiary alicyclic amines) is 1. The van der Waals surface area contributed by atoms with Gasteiger partial charge in [-0.25, -0.2) is 0 Å². The lowest BCUT2D eigenvalue weighted by molar-refractivity contribution is -0.141. The lowest BCUT2D eigenvalue weighted by Gasteiger charge is -2.19. The van der Waals surface area contributed by atoms with Gasteiger partial charge in [0.25, 0.3) is 0 Å². The molecule has 0 radical (unpaired) electrons. The number of aliphatic carboxylic acids is 1. The van der Waals surface area contributed by atoms with Gasteiger partial charge in [0.05, 0.1) is 11.5 Å². The van der Waals surface area contributed by atoms with Gasteiger partial charge in [-0.2, -0.15) is 13.2 Å². The molecular formula is C13H12F3NO3. The summed E-state index contributed by atoms with van der Waals surface area (Å²) in [6.07, 6.45) is -4.66. The molecule has 1 aromatic rings. The lowest BCUT2D eigenvalue weighted by Crippen LogP contribution is -2.27. The van der Waals surface area contributed by atoms with E-state index < -0.39 is 29.5 Å². The van der Waals surface area contributed by atoms with E-state index in [4.69, 9.17) is 5.11 Å². The summed E-state index contributed by atoms with van der Waals surface area (Å²) in [6.45, 7) is -0.279. The van der Waals surface area contributed by atoms with Crippen molar-refractivity contribution in [2.45, 2.75) is 19.1 Å². The molecule has 0 spiro atoms. The monoisotopic (exact) mass is 287 g/mol. The van der Waals surface area contributed by atoms with Crippen LogP contribution in [-0.2, 0) is 22.3 Å². The highest BCUT2D eigenvalue weighted by atomic mass is 19.4. The number of nitrogens with zero attached hydrogens (tertiary/aromatic N) is 1. The quantitative estimate of drug-likeness (QED) is 0.926. The van der Waals surface area contributed by atoms with Crippen molar-refractivity contribution < 1.29 is 27.9 Å². The highest BCUT2D eigenvalue weighted by molar-refractivity contribution is 5.86. The van der Waals surface area contributed by atoms with Crippen molar-refractivity contribution in [3.63, 3.8) is 0 Å². The zero-order chi connectivity index (χ0) is 14.9. The van der Waals surface area contributed by atoms with Gasteiger partial charge in [0.15, 0.2) is 0 Å². The molecule has 0 bridgehead atoms. The van der Waals surface area contributed by atoms with Crippen LogP contribution in [-0.4, -0.2) is 28.4 Å². The smallest absolute Gasteiger partial charge is 0.416 e. The maximum atomic E-state index is 12.8. The number of carbonyl (C=O) groups excluding carboxylic acids is 1. The highest BCUT2D eigenvalue weighted by Gasteiger charge is 2.37. The normalized spacial score (nSPS) is 19.4. The van der Waals surface area contributed by atoms with Gasteiger partial charge >= 0.3 is 12.1 Å². The van der Waals surface area contributed by atoms with Crippen LogP contribution in [0.25, 0.3) is 0 Å². The van der Waals surface area contributed by atoms with E-state index >= 15 is 0 Å². The molecule has 1 amide bonds. The molecule has 2 rings (SSSR count). The van der Waals surface area contributed by atoms with E-state index in [0.717, 1.165) is 11.0 Å². The van der Waals surface area contributed by atoms with Crippen LogP contribution >= 0.6 is 0 Å². The van der Waals surface area contributed by atoms with Crippen molar-refractivity contribution in [2.24, 2.45) is 5.92 Å². The third-order valence-electron chi connectivity index (χ3n) is 3.25. The minimum atomic E-state index is -4.49. The largest absolute Gasteiger partial charge is 0.481 e. The van der Waals surface area contributed by atoms with Crippen molar-refractivity contribution in [3.8, 4) is 0 Å². The third kappa shape index (κ3) is 2.92. The Balaban J connectivity index is 2.19. The Labute approximate surface area is 112 Å². The molecule has 108 valence electrons. The second kappa shape index (κ2) is 5.15. The molecule has 20 heavy (non-hydrogen) atoms. The molecule has 1 saturated heterocycles. The van der Waals surface area contributed by atoms with Crippen LogP contribution in [0.4, 0.5) is 13.2 Å². The summed E-state index contributed by atoms with van der Waals surface area (Å²) in [5.41, 5.74) is -0.828. The highest BCUT2D eigenvalue weighted by Crippen LogP contribution is 2.33. The van der Waals surface area contributed by atoms with E-state index in [9.17, 15) is 22.8 Å². The van der Waals surface area contributed by atoms with E-state index in [1.165, 1.54) is 18.2 Å². The van der Waals surface area contributed by atoms with Gasteiger partial charge in [-0.15, -0.1) is 0 Å². The first-order valence-corrected chi connectivity index (χ1v) is 5.94. The van der Waals surface area contributed by atoms with Crippen molar-refractivity contribution in [1.29, 1.82) is 0 Å². The van der Waals surface area contributed by atoms with Crippen LogP contribution in [0.5, 0.6) is 0 Å². The van der Waals surface area contributed by atoms with E-state index in [1.54, 1.807) is 0 Å². The SMILES string of the molecule is O=C(O)C1CC(=O)N(Cc2ccccc2C(F)(F)F)C1. The van der Waals surface area contributed by atoms with Crippen molar-refractivity contribution >= 4 is 11.9 Å². The Hall–Kier alpha value is -2.05. The Morgan fingerprint density at radius 3 is 2.55 bits per heavy atom. The first-order valence-electron chi connectivity index (χ1n) is 5.94. The van der Waals surface area contributed by atoms with Gasteiger partial charge in [0.2, 0.25) is 5.91 Å². The topological polar surface area (TPSA) is 57.6 Å². The summed E-state index contributed by atoms with van der Waals surface area (Å²) in [4.78, 5) is 23.6. The zero-order valence-corrected chi connectivity index (χ0v) is 10.4. The van der Waals surface area contributed by atoms with Crippen LogP contribution in [0.3, 0.4) is 0 Å². The van der Waals surface area contributed by atoms with Crippen LogP contribution in [0.2, 0.25) is 0 Å². The molecule has 1 aromatic carbocycles. The standard InChI is InChI=1S/C13H12F3NO3/c14-13(15,16)10-4-2-1-3-8(10)6-17-7-9(12(19)20)5-11(17)18/h1-4,9H,5-7H2,(H,19,20). The number of carbonyl (C=O) groups is 2. The number of amides is 1. The Morgan fingerprint density at radius 2 is 2.00 bits per heavy atom. The molecule has 1 fully saturated rings. The molecule has 1 atom stereocenters. The van der Waals surface area contributed by atoms with Crippen LogP contribution in [0.1, 0.15) is 17.5 Å². The summed E-state index contributed by atoms with van der Waals surface area (Å²) in [6, 6.07) is 4.98. The van der Waals surface area contributed by atoms with Gasteiger partial charge in [-0.05, 0) is 11.6 Å². The molecule has 1 unspecified atom stereocenters. The average Bonchev–Trinajstić information content (AvgIpc) is 2.71. The van der Waals surface area contributed by atoms with Crippen molar-refractivity contribution in [1.82, 2.24) is 4.90 Å². The molecule has 0 saturated carbocycles.